The molecule has 0 aliphatic carbocycles. The van der Waals surface area contributed by atoms with Crippen molar-refractivity contribution in [3.63, 3.8) is 0 Å². The van der Waals surface area contributed by atoms with Crippen molar-refractivity contribution in [2.24, 2.45) is 0 Å². The number of para-hydroxylation sites is 2. The number of carbonyl (C=O) groups is 1. The number of fused-ring (bicyclic) bond motifs is 3. The van der Waals surface area contributed by atoms with Gasteiger partial charge in [0.15, 0.2) is 0 Å². The van der Waals surface area contributed by atoms with Crippen LogP contribution in [0.15, 0.2) is 90.1 Å². The predicted octanol–water partition coefficient (Wildman–Crippen LogP) is 4.38. The van der Waals surface area contributed by atoms with E-state index in [9.17, 15) is 9.90 Å². The Morgan fingerprint density at radius 2 is 1.64 bits per heavy atom. The highest BCUT2D eigenvalue weighted by molar-refractivity contribution is 5.98. The average molecular weight is 480 g/mol. The van der Waals surface area contributed by atoms with Gasteiger partial charge in [-0.05, 0) is 42.3 Å². The molecule has 1 atom stereocenters. The summed E-state index contributed by atoms with van der Waals surface area (Å²) in [6, 6.07) is 25.2. The van der Waals surface area contributed by atoms with Crippen molar-refractivity contribution in [1.82, 2.24) is 19.4 Å². The van der Waals surface area contributed by atoms with E-state index in [0.717, 1.165) is 47.9 Å². The van der Waals surface area contributed by atoms with Gasteiger partial charge in [-0.25, -0.2) is 4.98 Å². The van der Waals surface area contributed by atoms with Crippen molar-refractivity contribution in [3.8, 4) is 5.75 Å². The second kappa shape index (κ2) is 9.17. The molecular formula is C29H29N5O2. The van der Waals surface area contributed by atoms with E-state index in [1.165, 1.54) is 5.56 Å². The molecule has 4 aromatic rings. The summed E-state index contributed by atoms with van der Waals surface area (Å²) in [4.78, 5) is 23.2. The second-order valence-electron chi connectivity index (χ2n) is 9.51. The lowest BCUT2D eigenvalue weighted by molar-refractivity contribution is -0.129. The first-order valence-corrected chi connectivity index (χ1v) is 12.4. The van der Waals surface area contributed by atoms with Crippen molar-refractivity contribution in [2.75, 3.05) is 31.5 Å². The number of anilines is 1. The Morgan fingerprint density at radius 1 is 0.944 bits per heavy atom. The number of allylic oxidation sites excluding steroid dienone is 1. The summed E-state index contributed by atoms with van der Waals surface area (Å²) in [5.41, 5.74) is 5.59. The zero-order valence-corrected chi connectivity index (χ0v) is 20.3. The summed E-state index contributed by atoms with van der Waals surface area (Å²) in [7, 11) is 0. The van der Waals surface area contributed by atoms with E-state index in [0.29, 0.717) is 18.7 Å². The van der Waals surface area contributed by atoms with Gasteiger partial charge < -0.3 is 15.3 Å². The zero-order valence-electron chi connectivity index (χ0n) is 20.3. The normalized spacial score (nSPS) is 18.2. The number of rotatable bonds is 4. The Kier molecular flexibility index (Phi) is 5.70. The molecule has 1 saturated heterocycles. The van der Waals surface area contributed by atoms with E-state index < -0.39 is 0 Å². The summed E-state index contributed by atoms with van der Waals surface area (Å²) in [6.45, 7) is 5.89. The second-order valence-corrected chi connectivity index (χ2v) is 9.51. The van der Waals surface area contributed by atoms with Crippen LogP contribution >= 0.6 is 0 Å². The molecule has 0 unspecified atom stereocenters. The number of piperazine rings is 1. The number of phenolic OH excluding ortho intramolecular Hbond substituents is 1. The Balaban J connectivity index is 1.31. The van der Waals surface area contributed by atoms with Crippen molar-refractivity contribution in [3.05, 3.63) is 101 Å². The quantitative estimate of drug-likeness (QED) is 0.455. The highest BCUT2D eigenvalue weighted by atomic mass is 16.3. The number of phenols is 1. The Hall–Kier alpha value is -4.10. The molecular weight excluding hydrogens is 450 g/mol. The van der Waals surface area contributed by atoms with Gasteiger partial charge in [-0.3, -0.25) is 14.3 Å². The van der Waals surface area contributed by atoms with Crippen LogP contribution in [0.2, 0.25) is 0 Å². The first kappa shape index (κ1) is 22.4. The minimum Gasteiger partial charge on any atom is -0.508 e. The molecule has 1 fully saturated rings. The number of benzene rings is 3. The maximum atomic E-state index is 14.1. The molecule has 0 spiro atoms. The van der Waals surface area contributed by atoms with E-state index in [-0.39, 0.29) is 17.7 Å². The van der Waals surface area contributed by atoms with Crippen LogP contribution in [0.4, 0.5) is 5.95 Å². The lowest BCUT2D eigenvalue weighted by Gasteiger charge is -2.38. The lowest BCUT2D eigenvalue weighted by atomic mass is 9.93. The number of hydrogen-bond acceptors (Lipinski definition) is 5. The SMILES string of the molecule is CC1=C(C(=O)N2CCN(Cc3ccccc3)CC2)[C@@H](c2ccc(O)cc2)n2c(nc3ccccc32)N1. The van der Waals surface area contributed by atoms with Crippen molar-refractivity contribution in [1.29, 1.82) is 0 Å². The highest BCUT2D eigenvalue weighted by Gasteiger charge is 2.36. The van der Waals surface area contributed by atoms with Crippen LogP contribution in [0, 0.1) is 0 Å². The van der Waals surface area contributed by atoms with Crippen LogP contribution in [-0.4, -0.2) is 56.5 Å². The predicted molar refractivity (Wildman–Crippen MR) is 141 cm³/mol. The summed E-state index contributed by atoms with van der Waals surface area (Å²) < 4.78 is 2.10. The number of aromatic nitrogens is 2. The number of amides is 1. The third-order valence-electron chi connectivity index (χ3n) is 7.18. The summed E-state index contributed by atoms with van der Waals surface area (Å²) in [5.74, 6) is 0.961. The monoisotopic (exact) mass is 479 g/mol. The third kappa shape index (κ3) is 4.01. The summed E-state index contributed by atoms with van der Waals surface area (Å²) >= 11 is 0. The molecule has 1 aromatic heterocycles. The molecule has 6 rings (SSSR count). The molecule has 2 N–H and O–H groups in total. The number of carbonyl (C=O) groups excluding carboxylic acids is 1. The molecule has 3 heterocycles. The largest absolute Gasteiger partial charge is 0.508 e. The van der Waals surface area contributed by atoms with Crippen LogP contribution in [-0.2, 0) is 11.3 Å². The summed E-state index contributed by atoms with van der Waals surface area (Å²) in [6.07, 6.45) is 0. The van der Waals surface area contributed by atoms with Gasteiger partial charge in [-0.15, -0.1) is 0 Å². The maximum absolute atomic E-state index is 14.1. The first-order chi connectivity index (χ1) is 17.6. The van der Waals surface area contributed by atoms with Gasteiger partial charge in [0.05, 0.1) is 22.6 Å². The maximum Gasteiger partial charge on any atom is 0.254 e. The van der Waals surface area contributed by atoms with Crippen LogP contribution in [0.1, 0.15) is 24.1 Å². The van der Waals surface area contributed by atoms with E-state index in [1.54, 1.807) is 12.1 Å². The van der Waals surface area contributed by atoms with Gasteiger partial charge in [-0.1, -0.05) is 54.6 Å². The van der Waals surface area contributed by atoms with Gasteiger partial charge in [-0.2, -0.15) is 0 Å². The topological polar surface area (TPSA) is 73.6 Å². The van der Waals surface area contributed by atoms with Crippen molar-refractivity contribution in [2.45, 2.75) is 19.5 Å². The average Bonchev–Trinajstić information content (AvgIpc) is 3.27. The number of hydrogen-bond donors (Lipinski definition) is 2. The fourth-order valence-corrected chi connectivity index (χ4v) is 5.33. The molecule has 0 radical (unpaired) electrons. The fraction of sp³-hybridized carbons (Fsp3) is 0.241. The van der Waals surface area contributed by atoms with Gasteiger partial charge in [0, 0.05) is 38.4 Å². The minimum atomic E-state index is -0.343. The fourth-order valence-electron chi connectivity index (χ4n) is 5.33. The van der Waals surface area contributed by atoms with Gasteiger partial charge in [0.2, 0.25) is 5.95 Å². The van der Waals surface area contributed by atoms with E-state index >= 15 is 0 Å². The van der Waals surface area contributed by atoms with Crippen molar-refractivity contribution < 1.29 is 9.90 Å². The van der Waals surface area contributed by atoms with Gasteiger partial charge in [0.25, 0.3) is 5.91 Å². The van der Waals surface area contributed by atoms with E-state index in [1.807, 2.05) is 54.3 Å². The molecule has 0 bridgehead atoms. The molecule has 3 aromatic carbocycles. The molecule has 36 heavy (non-hydrogen) atoms. The smallest absolute Gasteiger partial charge is 0.254 e. The number of nitrogens with zero attached hydrogens (tertiary/aromatic N) is 4. The summed E-state index contributed by atoms with van der Waals surface area (Å²) in [5, 5.41) is 13.3. The minimum absolute atomic E-state index is 0.0425. The van der Waals surface area contributed by atoms with Gasteiger partial charge >= 0.3 is 0 Å². The molecule has 0 saturated carbocycles. The number of nitrogens with one attached hydrogen (secondary N) is 1. The van der Waals surface area contributed by atoms with Crippen LogP contribution < -0.4 is 5.32 Å². The highest BCUT2D eigenvalue weighted by Crippen LogP contribution is 2.40. The molecule has 2 aliphatic heterocycles. The van der Waals surface area contributed by atoms with Crippen LogP contribution in [0.25, 0.3) is 11.0 Å². The Morgan fingerprint density at radius 3 is 2.39 bits per heavy atom. The standard InChI is InChI=1S/C29H29N5O2/c1-20-26(28(36)33-17-15-32(16-18-33)19-21-7-3-2-4-8-21)27(22-11-13-23(35)14-12-22)34-25-10-6-5-9-24(25)31-29(34)30-20/h2-14,27,35H,15-19H2,1H3,(H,30,31)/t27-/m1/s1. The van der Waals surface area contributed by atoms with Crippen LogP contribution in [0.3, 0.4) is 0 Å². The van der Waals surface area contributed by atoms with E-state index in [2.05, 4.69) is 39.0 Å². The Labute approximate surface area is 210 Å². The molecule has 7 heteroatoms. The third-order valence-corrected chi connectivity index (χ3v) is 7.18. The molecule has 1 amide bonds. The molecule has 7 nitrogen and oxygen atoms in total. The molecule has 2 aliphatic rings. The first-order valence-electron chi connectivity index (χ1n) is 12.4. The van der Waals surface area contributed by atoms with Crippen LogP contribution in [0.5, 0.6) is 5.75 Å². The lowest BCUT2D eigenvalue weighted by Crippen LogP contribution is -2.49. The van der Waals surface area contributed by atoms with Gasteiger partial charge in [0.1, 0.15) is 5.75 Å². The number of aromatic hydroxyl groups is 1. The number of imidazole rings is 1. The molecule has 182 valence electrons. The van der Waals surface area contributed by atoms with E-state index in [4.69, 9.17) is 4.98 Å². The zero-order chi connectivity index (χ0) is 24.6. The Bertz CT molecular complexity index is 1430. The van der Waals surface area contributed by atoms with Crippen molar-refractivity contribution >= 4 is 22.9 Å².